The topological polar surface area (TPSA) is 55.1 Å². The maximum absolute atomic E-state index is 10.9. The van der Waals surface area contributed by atoms with E-state index < -0.39 is 0 Å². The highest BCUT2D eigenvalue weighted by Gasteiger charge is 2.01. The molecule has 0 fully saturated rings. The molecule has 3 N–H and O–H groups in total. The third kappa shape index (κ3) is 3.18. The Morgan fingerprint density at radius 3 is 2.50 bits per heavy atom. The molecule has 1 heterocycles. The molecule has 18 heavy (non-hydrogen) atoms. The molecular formula is C14H16N2OS. The second-order valence-electron chi connectivity index (χ2n) is 4.19. The summed E-state index contributed by atoms with van der Waals surface area (Å²) < 4.78 is 0. The lowest BCUT2D eigenvalue weighted by Crippen LogP contribution is -2.13. The summed E-state index contributed by atoms with van der Waals surface area (Å²) >= 11 is 1.77. The lowest BCUT2D eigenvalue weighted by Gasteiger charge is -2.05. The number of nitrogens with one attached hydrogen (secondary N) is 1. The van der Waals surface area contributed by atoms with Crippen molar-refractivity contribution in [1.29, 1.82) is 0 Å². The lowest BCUT2D eigenvalue weighted by atomic mass is 10.1. The summed E-state index contributed by atoms with van der Waals surface area (Å²) in [7, 11) is 0. The van der Waals surface area contributed by atoms with Crippen LogP contribution in [0.15, 0.2) is 35.7 Å². The zero-order valence-electron chi connectivity index (χ0n) is 10.3. The van der Waals surface area contributed by atoms with Crippen molar-refractivity contribution in [2.75, 3.05) is 0 Å². The molecule has 1 aromatic heterocycles. The van der Waals surface area contributed by atoms with E-state index in [0.717, 1.165) is 18.7 Å². The zero-order chi connectivity index (χ0) is 13.0. The van der Waals surface area contributed by atoms with Gasteiger partial charge >= 0.3 is 0 Å². The molecule has 0 atom stereocenters. The number of thiophene rings is 1. The van der Waals surface area contributed by atoms with Crippen LogP contribution in [0.2, 0.25) is 0 Å². The van der Waals surface area contributed by atoms with Crippen LogP contribution in [-0.4, -0.2) is 5.91 Å². The smallest absolute Gasteiger partial charge is 0.248 e. The van der Waals surface area contributed by atoms with Gasteiger partial charge in [-0.05, 0) is 41.6 Å². The van der Waals surface area contributed by atoms with Crippen molar-refractivity contribution in [1.82, 2.24) is 5.32 Å². The Morgan fingerprint density at radius 2 is 1.94 bits per heavy atom. The molecule has 94 valence electrons. The van der Waals surface area contributed by atoms with Crippen LogP contribution in [0.4, 0.5) is 0 Å². The molecule has 0 aliphatic heterocycles. The van der Waals surface area contributed by atoms with Crippen LogP contribution in [0.3, 0.4) is 0 Å². The van der Waals surface area contributed by atoms with Crippen molar-refractivity contribution in [3.8, 4) is 0 Å². The Morgan fingerprint density at radius 1 is 1.22 bits per heavy atom. The van der Waals surface area contributed by atoms with E-state index in [1.165, 1.54) is 10.4 Å². The fraction of sp³-hybridized carbons (Fsp3) is 0.214. The van der Waals surface area contributed by atoms with Gasteiger partial charge < -0.3 is 11.1 Å². The summed E-state index contributed by atoms with van der Waals surface area (Å²) in [6, 6.07) is 9.50. The highest BCUT2D eigenvalue weighted by Crippen LogP contribution is 2.15. The Hall–Kier alpha value is -1.65. The molecule has 0 unspecified atom stereocenters. The molecule has 0 spiro atoms. The fourth-order valence-electron chi connectivity index (χ4n) is 1.69. The van der Waals surface area contributed by atoms with Gasteiger partial charge in [-0.25, -0.2) is 0 Å². The quantitative estimate of drug-likeness (QED) is 0.867. The normalized spacial score (nSPS) is 10.5. The number of amides is 1. The number of aryl methyl sites for hydroxylation is 1. The first kappa shape index (κ1) is 12.8. The van der Waals surface area contributed by atoms with Crippen LogP contribution in [0.1, 0.15) is 26.4 Å². The third-order valence-electron chi connectivity index (χ3n) is 2.82. The first-order chi connectivity index (χ1) is 8.66. The summed E-state index contributed by atoms with van der Waals surface area (Å²) in [5, 5.41) is 5.49. The van der Waals surface area contributed by atoms with Gasteiger partial charge in [0.05, 0.1) is 0 Å². The van der Waals surface area contributed by atoms with E-state index in [1.807, 2.05) is 12.1 Å². The number of primary amides is 1. The van der Waals surface area contributed by atoms with Crippen molar-refractivity contribution in [2.24, 2.45) is 5.73 Å². The van der Waals surface area contributed by atoms with E-state index in [9.17, 15) is 4.79 Å². The van der Waals surface area contributed by atoms with Crippen LogP contribution < -0.4 is 11.1 Å². The van der Waals surface area contributed by atoms with E-state index in [2.05, 4.69) is 23.7 Å². The molecule has 1 amide bonds. The van der Waals surface area contributed by atoms with Gasteiger partial charge in [0.2, 0.25) is 5.91 Å². The molecule has 0 bridgehead atoms. The summed E-state index contributed by atoms with van der Waals surface area (Å²) in [5.74, 6) is -0.385. The zero-order valence-corrected chi connectivity index (χ0v) is 11.1. The number of hydrogen-bond acceptors (Lipinski definition) is 3. The standard InChI is InChI=1S/C14H16N2OS/c1-10-6-7-18-13(10)9-16-8-11-2-4-12(5-3-11)14(15)17/h2-7,16H,8-9H2,1H3,(H2,15,17). The van der Waals surface area contributed by atoms with Gasteiger partial charge in [-0.1, -0.05) is 12.1 Å². The second kappa shape index (κ2) is 5.80. The highest BCUT2D eigenvalue weighted by atomic mass is 32.1. The molecule has 0 saturated heterocycles. The van der Waals surface area contributed by atoms with Crippen LogP contribution in [0.25, 0.3) is 0 Å². The Balaban J connectivity index is 1.87. The van der Waals surface area contributed by atoms with E-state index >= 15 is 0 Å². The summed E-state index contributed by atoms with van der Waals surface area (Å²) in [4.78, 5) is 12.3. The molecular weight excluding hydrogens is 244 g/mol. The van der Waals surface area contributed by atoms with Gasteiger partial charge in [-0.2, -0.15) is 0 Å². The minimum absolute atomic E-state index is 0.385. The molecule has 2 aromatic rings. The van der Waals surface area contributed by atoms with Gasteiger partial charge in [-0.3, -0.25) is 4.79 Å². The molecule has 0 aliphatic rings. The van der Waals surface area contributed by atoms with E-state index in [1.54, 1.807) is 23.5 Å². The highest BCUT2D eigenvalue weighted by molar-refractivity contribution is 7.10. The average Bonchev–Trinajstić information content (AvgIpc) is 2.76. The molecule has 0 saturated carbocycles. The largest absolute Gasteiger partial charge is 0.366 e. The van der Waals surface area contributed by atoms with Gasteiger partial charge in [0.15, 0.2) is 0 Å². The third-order valence-corrected chi connectivity index (χ3v) is 3.84. The summed E-state index contributed by atoms with van der Waals surface area (Å²) in [6.07, 6.45) is 0. The summed E-state index contributed by atoms with van der Waals surface area (Å²) in [5.41, 5.74) is 8.22. The fourth-order valence-corrected chi connectivity index (χ4v) is 2.57. The van der Waals surface area contributed by atoms with Crippen LogP contribution >= 0.6 is 11.3 Å². The number of hydrogen-bond donors (Lipinski definition) is 2. The Labute approximate surface area is 111 Å². The SMILES string of the molecule is Cc1ccsc1CNCc1ccc(C(N)=O)cc1. The predicted molar refractivity (Wildman–Crippen MR) is 74.6 cm³/mol. The second-order valence-corrected chi connectivity index (χ2v) is 5.19. The van der Waals surface area contributed by atoms with Crippen molar-refractivity contribution in [3.63, 3.8) is 0 Å². The monoisotopic (exact) mass is 260 g/mol. The average molecular weight is 260 g/mol. The molecule has 2 rings (SSSR count). The molecule has 0 radical (unpaired) electrons. The number of rotatable bonds is 5. The van der Waals surface area contributed by atoms with E-state index in [4.69, 9.17) is 5.73 Å². The minimum atomic E-state index is -0.385. The van der Waals surface area contributed by atoms with Gasteiger partial charge in [-0.15, -0.1) is 11.3 Å². The molecule has 4 heteroatoms. The van der Waals surface area contributed by atoms with Gasteiger partial charge in [0.1, 0.15) is 0 Å². The first-order valence-corrected chi connectivity index (χ1v) is 6.67. The first-order valence-electron chi connectivity index (χ1n) is 5.79. The minimum Gasteiger partial charge on any atom is -0.366 e. The molecule has 3 nitrogen and oxygen atoms in total. The molecule has 0 aliphatic carbocycles. The van der Waals surface area contributed by atoms with Crippen LogP contribution in [0.5, 0.6) is 0 Å². The number of carbonyl (C=O) groups is 1. The Bertz CT molecular complexity index is 531. The summed E-state index contributed by atoms with van der Waals surface area (Å²) in [6.45, 7) is 3.78. The van der Waals surface area contributed by atoms with Crippen LogP contribution in [-0.2, 0) is 13.1 Å². The lowest BCUT2D eigenvalue weighted by molar-refractivity contribution is 0.100. The van der Waals surface area contributed by atoms with E-state index in [-0.39, 0.29) is 5.91 Å². The maximum Gasteiger partial charge on any atom is 0.248 e. The van der Waals surface area contributed by atoms with Gasteiger partial charge in [0.25, 0.3) is 0 Å². The maximum atomic E-state index is 10.9. The Kier molecular flexibility index (Phi) is 4.12. The van der Waals surface area contributed by atoms with Gasteiger partial charge in [0, 0.05) is 23.5 Å². The molecule has 1 aromatic carbocycles. The predicted octanol–water partition coefficient (Wildman–Crippen LogP) is 2.45. The van der Waals surface area contributed by atoms with Crippen molar-refractivity contribution >= 4 is 17.2 Å². The van der Waals surface area contributed by atoms with Crippen molar-refractivity contribution < 1.29 is 4.79 Å². The van der Waals surface area contributed by atoms with Crippen LogP contribution in [0, 0.1) is 6.92 Å². The number of nitrogens with two attached hydrogens (primary N) is 1. The van der Waals surface area contributed by atoms with E-state index in [0.29, 0.717) is 5.56 Å². The van der Waals surface area contributed by atoms with Crippen molar-refractivity contribution in [3.05, 3.63) is 57.3 Å². The number of benzene rings is 1. The number of carbonyl (C=O) groups excluding carboxylic acids is 1. The van der Waals surface area contributed by atoms with Crippen molar-refractivity contribution in [2.45, 2.75) is 20.0 Å².